The van der Waals surface area contributed by atoms with Gasteiger partial charge in [-0.2, -0.15) is 0 Å². The molecule has 0 aromatic heterocycles. The zero-order valence-electron chi connectivity index (χ0n) is 9.13. The third-order valence-corrected chi connectivity index (χ3v) is 3.86. The molecule has 2 nitrogen and oxygen atoms in total. The quantitative estimate of drug-likeness (QED) is 0.596. The van der Waals surface area contributed by atoms with Crippen LogP contribution in [-0.4, -0.2) is 13.1 Å². The lowest BCUT2D eigenvalue weighted by atomic mass is 9.98. The molecule has 1 fully saturated rings. The monoisotopic (exact) mass is 192 g/mol. The lowest BCUT2D eigenvalue weighted by Crippen LogP contribution is -2.17. The predicted molar refractivity (Wildman–Crippen MR) is 54.6 cm³/mol. The number of allylic oxidation sites excluding steroid dienone is 4. The normalized spacial score (nSPS) is 39.4. The van der Waals surface area contributed by atoms with Crippen molar-refractivity contribution >= 4 is 5.97 Å². The van der Waals surface area contributed by atoms with E-state index < -0.39 is 0 Å². The van der Waals surface area contributed by atoms with E-state index in [1.807, 2.05) is 6.92 Å². The predicted octanol–water partition coefficient (Wildman–Crippen LogP) is 2.32. The maximum Gasteiger partial charge on any atom is 0.312 e. The highest BCUT2D eigenvalue weighted by Gasteiger charge is 2.67. The number of methoxy groups -OCH3 is 1. The fourth-order valence-electron chi connectivity index (χ4n) is 2.68. The molecule has 0 bridgehead atoms. The molecule has 2 rings (SSSR count). The zero-order valence-corrected chi connectivity index (χ0v) is 9.13. The number of fused-ring (bicyclic) bond motifs is 1. The standard InChI is InChI=1S/C12H16O2/c1-7-5-6-9-10(8(7)2)12(9,3)11(13)14-4/h5-6,9-10H,1-4H3/t9-,10+,12?/m1/s1. The minimum absolute atomic E-state index is 0.0776. The van der Waals surface area contributed by atoms with Gasteiger partial charge in [-0.3, -0.25) is 4.79 Å². The zero-order chi connectivity index (χ0) is 10.5. The number of hydrogen-bond donors (Lipinski definition) is 0. The molecule has 2 aliphatic rings. The lowest BCUT2D eigenvalue weighted by molar-refractivity contribution is -0.147. The van der Waals surface area contributed by atoms with Gasteiger partial charge in [-0.05, 0) is 20.8 Å². The Balaban J connectivity index is 2.33. The second-order valence-corrected chi connectivity index (χ2v) is 4.50. The van der Waals surface area contributed by atoms with E-state index in [0.717, 1.165) is 0 Å². The summed E-state index contributed by atoms with van der Waals surface area (Å²) < 4.78 is 4.86. The van der Waals surface area contributed by atoms with E-state index in [-0.39, 0.29) is 11.4 Å². The minimum atomic E-state index is -0.299. The maximum absolute atomic E-state index is 11.6. The van der Waals surface area contributed by atoms with Crippen molar-refractivity contribution in [3.63, 3.8) is 0 Å². The molecule has 3 atom stereocenters. The Labute approximate surface area is 84.6 Å². The van der Waals surface area contributed by atoms with Crippen LogP contribution in [0.3, 0.4) is 0 Å². The molecule has 76 valence electrons. The van der Waals surface area contributed by atoms with Crippen molar-refractivity contribution in [2.75, 3.05) is 7.11 Å². The van der Waals surface area contributed by atoms with Gasteiger partial charge in [0, 0.05) is 11.8 Å². The Bertz CT molecular complexity index is 351. The van der Waals surface area contributed by atoms with E-state index in [1.165, 1.54) is 18.3 Å². The fourth-order valence-corrected chi connectivity index (χ4v) is 2.68. The highest BCUT2D eigenvalue weighted by Crippen LogP contribution is 2.65. The van der Waals surface area contributed by atoms with Crippen LogP contribution in [0.4, 0.5) is 0 Å². The summed E-state index contributed by atoms with van der Waals surface area (Å²) >= 11 is 0. The molecule has 0 saturated heterocycles. The molecule has 2 heteroatoms. The van der Waals surface area contributed by atoms with Gasteiger partial charge >= 0.3 is 5.97 Å². The number of carbonyl (C=O) groups is 1. The molecule has 0 N–H and O–H groups in total. The van der Waals surface area contributed by atoms with Crippen molar-refractivity contribution in [2.24, 2.45) is 17.3 Å². The summed E-state index contributed by atoms with van der Waals surface area (Å²) in [6.45, 7) is 6.21. The van der Waals surface area contributed by atoms with Crippen LogP contribution in [0.1, 0.15) is 20.8 Å². The third kappa shape index (κ3) is 0.941. The van der Waals surface area contributed by atoms with Crippen molar-refractivity contribution in [3.05, 3.63) is 23.3 Å². The van der Waals surface area contributed by atoms with Crippen molar-refractivity contribution in [3.8, 4) is 0 Å². The van der Waals surface area contributed by atoms with Gasteiger partial charge in [-0.25, -0.2) is 0 Å². The second kappa shape index (κ2) is 2.72. The highest BCUT2D eigenvalue weighted by atomic mass is 16.5. The van der Waals surface area contributed by atoms with Crippen LogP contribution in [0.25, 0.3) is 0 Å². The molecule has 0 aromatic rings. The van der Waals surface area contributed by atoms with Gasteiger partial charge in [0.25, 0.3) is 0 Å². The van der Waals surface area contributed by atoms with E-state index in [9.17, 15) is 4.79 Å². The van der Waals surface area contributed by atoms with Gasteiger partial charge in [0.15, 0.2) is 0 Å². The van der Waals surface area contributed by atoms with Gasteiger partial charge in [-0.1, -0.05) is 23.3 Å². The number of esters is 1. The summed E-state index contributed by atoms with van der Waals surface area (Å²) in [6, 6.07) is 0. The molecular formula is C12H16O2. The number of hydrogen-bond acceptors (Lipinski definition) is 2. The summed E-state index contributed by atoms with van der Waals surface area (Å²) in [5, 5.41) is 0. The van der Waals surface area contributed by atoms with Crippen LogP contribution in [0.5, 0.6) is 0 Å². The second-order valence-electron chi connectivity index (χ2n) is 4.50. The summed E-state index contributed by atoms with van der Waals surface area (Å²) in [6.07, 6.45) is 4.26. The Morgan fingerprint density at radius 3 is 2.71 bits per heavy atom. The Morgan fingerprint density at radius 2 is 2.14 bits per heavy atom. The summed E-state index contributed by atoms with van der Waals surface area (Å²) in [4.78, 5) is 11.6. The van der Waals surface area contributed by atoms with Crippen LogP contribution >= 0.6 is 0 Å². The van der Waals surface area contributed by atoms with Gasteiger partial charge in [-0.15, -0.1) is 0 Å². The van der Waals surface area contributed by atoms with Crippen molar-refractivity contribution in [1.29, 1.82) is 0 Å². The van der Waals surface area contributed by atoms with Crippen molar-refractivity contribution in [2.45, 2.75) is 20.8 Å². The van der Waals surface area contributed by atoms with E-state index >= 15 is 0 Å². The first kappa shape index (κ1) is 9.50. The summed E-state index contributed by atoms with van der Waals surface area (Å²) in [5.41, 5.74) is 2.33. The summed E-state index contributed by atoms with van der Waals surface area (Å²) in [5.74, 6) is 0.657. The first-order chi connectivity index (χ1) is 6.53. The van der Waals surface area contributed by atoms with Crippen molar-refractivity contribution < 1.29 is 9.53 Å². The molecule has 0 amide bonds. The van der Waals surface area contributed by atoms with E-state index in [1.54, 1.807) is 0 Å². The van der Waals surface area contributed by atoms with E-state index in [2.05, 4.69) is 26.0 Å². The third-order valence-electron chi connectivity index (χ3n) is 3.86. The molecule has 1 saturated carbocycles. The highest BCUT2D eigenvalue weighted by molar-refractivity contribution is 5.83. The molecule has 14 heavy (non-hydrogen) atoms. The first-order valence-corrected chi connectivity index (χ1v) is 4.97. The Morgan fingerprint density at radius 1 is 1.50 bits per heavy atom. The van der Waals surface area contributed by atoms with Gasteiger partial charge < -0.3 is 4.74 Å². The molecule has 0 aliphatic heterocycles. The molecule has 1 unspecified atom stereocenters. The van der Waals surface area contributed by atoms with E-state index in [0.29, 0.717) is 11.8 Å². The van der Waals surface area contributed by atoms with Crippen LogP contribution < -0.4 is 0 Å². The van der Waals surface area contributed by atoms with Crippen LogP contribution in [0.15, 0.2) is 23.3 Å². The van der Waals surface area contributed by atoms with Crippen LogP contribution in [0, 0.1) is 17.3 Å². The largest absolute Gasteiger partial charge is 0.469 e. The molecular weight excluding hydrogens is 176 g/mol. The molecule has 0 spiro atoms. The first-order valence-electron chi connectivity index (χ1n) is 4.97. The van der Waals surface area contributed by atoms with E-state index in [4.69, 9.17) is 4.74 Å². The van der Waals surface area contributed by atoms with Crippen LogP contribution in [-0.2, 0) is 9.53 Å². The number of rotatable bonds is 1. The maximum atomic E-state index is 11.6. The molecule has 2 aliphatic carbocycles. The minimum Gasteiger partial charge on any atom is -0.469 e. The SMILES string of the molecule is COC(=O)C1(C)[C@@H]2C=CC(C)=C(C)[C@@H]21. The molecule has 0 aromatic carbocycles. The molecule has 0 radical (unpaired) electrons. The number of ether oxygens (including phenoxy) is 1. The topological polar surface area (TPSA) is 26.3 Å². The smallest absolute Gasteiger partial charge is 0.312 e. The average Bonchev–Trinajstić information content (AvgIpc) is 2.79. The van der Waals surface area contributed by atoms with Crippen molar-refractivity contribution in [1.82, 2.24) is 0 Å². The average molecular weight is 192 g/mol. The summed E-state index contributed by atoms with van der Waals surface area (Å²) in [7, 11) is 1.47. The lowest BCUT2D eigenvalue weighted by Gasteiger charge is -2.09. The van der Waals surface area contributed by atoms with Gasteiger partial charge in [0.05, 0.1) is 12.5 Å². The fraction of sp³-hybridized carbons (Fsp3) is 0.583. The molecule has 0 heterocycles. The van der Waals surface area contributed by atoms with Gasteiger partial charge in [0.2, 0.25) is 0 Å². The Kier molecular flexibility index (Phi) is 1.85. The van der Waals surface area contributed by atoms with Gasteiger partial charge in [0.1, 0.15) is 0 Å². The Hall–Kier alpha value is -1.05. The van der Waals surface area contributed by atoms with Crippen LogP contribution in [0.2, 0.25) is 0 Å². The number of carbonyl (C=O) groups excluding carboxylic acids is 1.